The van der Waals surface area contributed by atoms with E-state index in [4.69, 9.17) is 19.4 Å². The molecular weight excluding hydrogens is 807 g/mol. The lowest BCUT2D eigenvalue weighted by atomic mass is 9.67. The molecule has 5 nitrogen and oxygen atoms in total. The summed E-state index contributed by atoms with van der Waals surface area (Å²) in [7, 11) is 0. The van der Waals surface area contributed by atoms with Gasteiger partial charge in [0.25, 0.3) is 0 Å². The predicted octanol–water partition coefficient (Wildman–Crippen LogP) is 15.8. The van der Waals surface area contributed by atoms with Crippen LogP contribution in [0.25, 0.3) is 55.2 Å². The van der Waals surface area contributed by atoms with Crippen molar-refractivity contribution in [3.63, 3.8) is 0 Å². The highest BCUT2D eigenvalue weighted by atomic mass is 16.6. The second-order valence-electron chi connectivity index (χ2n) is 16.9. The summed E-state index contributed by atoms with van der Waals surface area (Å²) in [6.45, 7) is 0. The zero-order chi connectivity index (χ0) is 43.6. The van der Waals surface area contributed by atoms with Crippen molar-refractivity contribution in [2.24, 2.45) is 0 Å². The number of pyridine rings is 2. The van der Waals surface area contributed by atoms with Gasteiger partial charge in [0.15, 0.2) is 23.0 Å². The molecule has 2 aliphatic rings. The normalized spacial score (nSPS) is 14.4. The number of ether oxygens (including phenoxy) is 2. The van der Waals surface area contributed by atoms with Gasteiger partial charge in [-0.05, 0) is 117 Å². The highest BCUT2D eigenvalue weighted by Gasteiger charge is 2.48. The minimum atomic E-state index is -0.603. The Bertz CT molecular complexity index is 3630. The van der Waals surface area contributed by atoms with E-state index in [2.05, 4.69) is 193 Å². The van der Waals surface area contributed by atoms with E-state index in [1.807, 2.05) is 48.8 Å². The van der Waals surface area contributed by atoms with E-state index in [0.29, 0.717) is 5.75 Å². The molecular formula is C61H39N3O2. The molecule has 310 valence electrons. The Labute approximate surface area is 382 Å². The number of nitrogens with zero attached hydrogens (tertiary/aromatic N) is 3. The SMILES string of the molecule is c1ccc(-c2ccc(N(c3ccc(-c4ccc(C5(c6ccccc6)c6ccccc6-c6c5ccc5c6Oc6ccccc6O5)cc4)cc3)c3cc4cccnc4c4ncccc34)cc2)cc1. The molecule has 1 unspecified atom stereocenters. The first-order valence-electron chi connectivity index (χ1n) is 22.3. The first-order chi connectivity index (χ1) is 32.7. The molecule has 1 aliphatic heterocycles. The van der Waals surface area contributed by atoms with E-state index in [1.165, 1.54) is 27.8 Å². The first-order valence-corrected chi connectivity index (χ1v) is 22.3. The van der Waals surface area contributed by atoms with Crippen molar-refractivity contribution in [2.75, 3.05) is 4.90 Å². The Balaban J connectivity index is 0.917. The van der Waals surface area contributed by atoms with Crippen LogP contribution in [0.2, 0.25) is 0 Å². The number of aromatic nitrogens is 2. The summed E-state index contributed by atoms with van der Waals surface area (Å²) >= 11 is 0. The van der Waals surface area contributed by atoms with Gasteiger partial charge in [-0.1, -0.05) is 158 Å². The smallest absolute Gasteiger partial charge is 0.178 e. The molecule has 9 aromatic carbocycles. The van der Waals surface area contributed by atoms with Crippen LogP contribution < -0.4 is 14.4 Å². The molecule has 13 rings (SSSR count). The van der Waals surface area contributed by atoms with Crippen LogP contribution in [0.3, 0.4) is 0 Å². The number of hydrogen-bond acceptors (Lipinski definition) is 5. The van der Waals surface area contributed by atoms with E-state index >= 15 is 0 Å². The zero-order valence-electron chi connectivity index (χ0n) is 35.7. The summed E-state index contributed by atoms with van der Waals surface area (Å²) in [6.07, 6.45) is 3.69. The number of fused-ring (bicyclic) bond motifs is 9. The lowest BCUT2D eigenvalue weighted by Gasteiger charge is -2.34. The van der Waals surface area contributed by atoms with Gasteiger partial charge in [0.05, 0.1) is 22.1 Å². The Morgan fingerprint density at radius 3 is 1.67 bits per heavy atom. The molecule has 0 saturated carbocycles. The fraction of sp³-hybridized carbons (Fsp3) is 0.0164. The molecule has 5 heteroatoms. The predicted molar refractivity (Wildman–Crippen MR) is 266 cm³/mol. The van der Waals surface area contributed by atoms with Crippen LogP contribution in [0, 0.1) is 0 Å². The lowest BCUT2D eigenvalue weighted by Crippen LogP contribution is -2.28. The number of hydrogen-bond donors (Lipinski definition) is 0. The third-order valence-corrected chi connectivity index (χ3v) is 13.3. The van der Waals surface area contributed by atoms with Crippen LogP contribution in [0.15, 0.2) is 237 Å². The maximum atomic E-state index is 6.73. The number of benzene rings is 9. The Hall–Kier alpha value is -8.80. The van der Waals surface area contributed by atoms with Gasteiger partial charge in [-0.25, -0.2) is 0 Å². The van der Waals surface area contributed by atoms with Crippen LogP contribution in [-0.4, -0.2) is 9.97 Å². The van der Waals surface area contributed by atoms with Gasteiger partial charge in [-0.15, -0.1) is 0 Å². The molecule has 0 fully saturated rings. The van der Waals surface area contributed by atoms with Crippen LogP contribution in [0.4, 0.5) is 17.1 Å². The third-order valence-electron chi connectivity index (χ3n) is 13.3. The Kier molecular flexibility index (Phi) is 8.68. The minimum absolute atomic E-state index is 0.603. The molecule has 66 heavy (non-hydrogen) atoms. The fourth-order valence-corrected chi connectivity index (χ4v) is 10.3. The van der Waals surface area contributed by atoms with Crippen molar-refractivity contribution in [3.8, 4) is 56.4 Å². The number of rotatable bonds is 7. The van der Waals surface area contributed by atoms with Crippen molar-refractivity contribution in [1.29, 1.82) is 0 Å². The third kappa shape index (κ3) is 5.87. The minimum Gasteiger partial charge on any atom is -0.449 e. The zero-order valence-corrected chi connectivity index (χ0v) is 35.7. The molecule has 11 aromatic rings. The Morgan fingerprint density at radius 2 is 0.955 bits per heavy atom. The topological polar surface area (TPSA) is 47.5 Å². The van der Waals surface area contributed by atoms with E-state index in [1.54, 1.807) is 0 Å². The lowest BCUT2D eigenvalue weighted by molar-refractivity contribution is 0.360. The van der Waals surface area contributed by atoms with Gasteiger partial charge in [0.1, 0.15) is 0 Å². The summed E-state index contributed by atoms with van der Waals surface area (Å²) in [5.41, 5.74) is 15.8. The number of anilines is 3. The quantitative estimate of drug-likeness (QED) is 0.150. The molecule has 0 N–H and O–H groups in total. The molecule has 0 radical (unpaired) electrons. The average Bonchev–Trinajstić information content (AvgIpc) is 3.70. The summed E-state index contributed by atoms with van der Waals surface area (Å²) in [5, 5.41) is 2.07. The first kappa shape index (κ1) is 37.7. The molecule has 0 bridgehead atoms. The summed E-state index contributed by atoms with van der Waals surface area (Å²) in [6, 6.07) is 79.6. The van der Waals surface area contributed by atoms with E-state index in [9.17, 15) is 0 Å². The second-order valence-corrected chi connectivity index (χ2v) is 16.9. The summed E-state index contributed by atoms with van der Waals surface area (Å²) in [4.78, 5) is 11.9. The summed E-state index contributed by atoms with van der Waals surface area (Å²) in [5.74, 6) is 2.90. The second kappa shape index (κ2) is 15.2. The molecule has 2 aromatic heterocycles. The van der Waals surface area contributed by atoms with E-state index < -0.39 is 5.41 Å². The van der Waals surface area contributed by atoms with Gasteiger partial charge in [0.2, 0.25) is 0 Å². The van der Waals surface area contributed by atoms with Gasteiger partial charge in [-0.3, -0.25) is 9.97 Å². The molecule has 0 amide bonds. The molecule has 0 saturated heterocycles. The van der Waals surface area contributed by atoms with Crippen LogP contribution >= 0.6 is 0 Å². The summed E-state index contributed by atoms with van der Waals surface area (Å²) < 4.78 is 13.2. The highest BCUT2D eigenvalue weighted by molar-refractivity contribution is 6.11. The fourth-order valence-electron chi connectivity index (χ4n) is 10.3. The van der Waals surface area contributed by atoms with Gasteiger partial charge < -0.3 is 14.4 Å². The maximum Gasteiger partial charge on any atom is 0.178 e. The van der Waals surface area contributed by atoms with E-state index in [0.717, 1.165) is 83.9 Å². The van der Waals surface area contributed by atoms with Crippen molar-refractivity contribution >= 4 is 38.9 Å². The van der Waals surface area contributed by atoms with Gasteiger partial charge in [-0.2, -0.15) is 0 Å². The number of para-hydroxylation sites is 2. The molecule has 1 atom stereocenters. The molecule has 0 spiro atoms. The van der Waals surface area contributed by atoms with Crippen molar-refractivity contribution in [1.82, 2.24) is 9.97 Å². The Morgan fingerprint density at radius 1 is 0.394 bits per heavy atom. The monoisotopic (exact) mass is 845 g/mol. The molecule has 1 aliphatic carbocycles. The van der Waals surface area contributed by atoms with Crippen molar-refractivity contribution < 1.29 is 9.47 Å². The van der Waals surface area contributed by atoms with Crippen LogP contribution in [0.1, 0.15) is 22.3 Å². The van der Waals surface area contributed by atoms with Gasteiger partial charge >= 0.3 is 0 Å². The van der Waals surface area contributed by atoms with Crippen molar-refractivity contribution in [3.05, 3.63) is 259 Å². The maximum absolute atomic E-state index is 6.73. The van der Waals surface area contributed by atoms with Gasteiger partial charge in [0, 0.05) is 40.1 Å². The highest BCUT2D eigenvalue weighted by Crippen LogP contribution is 2.62. The van der Waals surface area contributed by atoms with Crippen LogP contribution in [-0.2, 0) is 5.41 Å². The van der Waals surface area contributed by atoms with E-state index in [-0.39, 0.29) is 0 Å². The standard InChI is InChI=1S/C61H39N3O2/c1-3-13-40(14-4-1)42-25-31-47(32-26-42)64(53-39-44-15-11-37-62-58(44)59-50(53)19-12-38-63-59)48-33-27-43(28-34-48)41-23-29-46(30-24-41)61(45-16-5-2-6-17-45)51-20-8-7-18-49(51)57-52(61)35-36-56-60(57)66-55-22-10-9-21-54(55)65-56/h1-39H. The van der Waals surface area contributed by atoms with Crippen LogP contribution in [0.5, 0.6) is 23.0 Å². The largest absolute Gasteiger partial charge is 0.449 e. The van der Waals surface area contributed by atoms with Crippen molar-refractivity contribution in [2.45, 2.75) is 5.41 Å². The molecule has 3 heterocycles. The average molecular weight is 846 g/mol.